The fraction of sp³-hybridized carbons (Fsp3) is 0. The SMILES string of the molecule is c1ccc(-c2ccc(N(c3cccc(-c4cccc5ccccc45)c3)c3ccc4c(c3)oc3cc5ccccc5cc34)cc2-c2ccccc2)cc1. The molecule has 1 heterocycles. The summed E-state index contributed by atoms with van der Waals surface area (Å²) in [5.74, 6) is 0. The van der Waals surface area contributed by atoms with E-state index in [1.807, 2.05) is 0 Å². The van der Waals surface area contributed by atoms with E-state index in [9.17, 15) is 0 Å². The number of nitrogens with zero attached hydrogens (tertiary/aromatic N) is 1. The van der Waals surface area contributed by atoms with E-state index in [1.165, 1.54) is 54.9 Å². The molecule has 0 N–H and O–H groups in total. The zero-order valence-electron chi connectivity index (χ0n) is 28.4. The molecule has 0 aliphatic heterocycles. The van der Waals surface area contributed by atoms with Gasteiger partial charge < -0.3 is 9.32 Å². The van der Waals surface area contributed by atoms with E-state index in [-0.39, 0.29) is 0 Å². The first kappa shape index (κ1) is 30.0. The molecule has 9 aromatic carbocycles. The number of fused-ring (bicyclic) bond motifs is 5. The standard InChI is InChI=1S/C50H33NO/c1-3-13-34(14-4-1)45-27-25-41(32-47(45)36-15-5-2-6-16-36)51(40-22-11-21-39(29-40)44-24-12-20-35-17-9-10-23-43(35)44)42-26-28-46-48-30-37-18-7-8-19-38(37)31-49(48)52-50(46)33-42/h1-33H. The van der Waals surface area contributed by atoms with Gasteiger partial charge in [-0.15, -0.1) is 0 Å². The number of hydrogen-bond acceptors (Lipinski definition) is 2. The Morgan fingerprint density at radius 3 is 1.67 bits per heavy atom. The van der Waals surface area contributed by atoms with Crippen LogP contribution in [0.1, 0.15) is 0 Å². The topological polar surface area (TPSA) is 16.4 Å². The zero-order valence-corrected chi connectivity index (χ0v) is 28.4. The molecule has 2 heteroatoms. The predicted octanol–water partition coefficient (Wildman–Crippen LogP) is 14.4. The fourth-order valence-electron chi connectivity index (χ4n) is 7.72. The van der Waals surface area contributed by atoms with Crippen LogP contribution < -0.4 is 4.90 Å². The Kier molecular flexibility index (Phi) is 7.18. The lowest BCUT2D eigenvalue weighted by atomic mass is 9.93. The first-order chi connectivity index (χ1) is 25.8. The third-order valence-electron chi connectivity index (χ3n) is 10.2. The minimum atomic E-state index is 0.863. The molecule has 0 spiro atoms. The molecule has 0 radical (unpaired) electrons. The molecule has 244 valence electrons. The van der Waals surface area contributed by atoms with E-state index in [2.05, 4.69) is 205 Å². The lowest BCUT2D eigenvalue weighted by Gasteiger charge is -2.27. The zero-order chi connectivity index (χ0) is 34.4. The molecule has 2 nitrogen and oxygen atoms in total. The van der Waals surface area contributed by atoms with Gasteiger partial charge in [-0.2, -0.15) is 0 Å². The molecule has 0 saturated carbocycles. The minimum absolute atomic E-state index is 0.863. The highest BCUT2D eigenvalue weighted by atomic mass is 16.3. The third kappa shape index (κ3) is 5.21. The van der Waals surface area contributed by atoms with Crippen LogP contribution in [0.3, 0.4) is 0 Å². The van der Waals surface area contributed by atoms with E-state index < -0.39 is 0 Å². The predicted molar refractivity (Wildman–Crippen MR) is 220 cm³/mol. The van der Waals surface area contributed by atoms with Gasteiger partial charge in [0.25, 0.3) is 0 Å². The highest BCUT2D eigenvalue weighted by Crippen LogP contribution is 2.44. The van der Waals surface area contributed by atoms with Crippen LogP contribution in [0.2, 0.25) is 0 Å². The molecule has 10 rings (SSSR count). The van der Waals surface area contributed by atoms with Crippen molar-refractivity contribution >= 4 is 60.5 Å². The van der Waals surface area contributed by atoms with Gasteiger partial charge in [0, 0.05) is 33.9 Å². The Labute approximate surface area is 302 Å². The Bertz CT molecular complexity index is 2900. The van der Waals surface area contributed by atoms with Crippen LogP contribution in [0, 0.1) is 0 Å². The van der Waals surface area contributed by atoms with E-state index in [4.69, 9.17) is 4.42 Å². The van der Waals surface area contributed by atoms with Crippen LogP contribution in [-0.4, -0.2) is 0 Å². The lowest BCUT2D eigenvalue weighted by molar-refractivity contribution is 0.669. The summed E-state index contributed by atoms with van der Waals surface area (Å²) in [7, 11) is 0. The second kappa shape index (κ2) is 12.5. The number of furan rings is 1. The second-order valence-corrected chi connectivity index (χ2v) is 13.4. The van der Waals surface area contributed by atoms with Crippen LogP contribution in [0.5, 0.6) is 0 Å². The van der Waals surface area contributed by atoms with Crippen molar-refractivity contribution in [2.24, 2.45) is 0 Å². The van der Waals surface area contributed by atoms with Crippen molar-refractivity contribution in [1.29, 1.82) is 0 Å². The van der Waals surface area contributed by atoms with Crippen LogP contribution in [0.25, 0.3) is 76.9 Å². The van der Waals surface area contributed by atoms with E-state index in [1.54, 1.807) is 0 Å². The first-order valence-corrected chi connectivity index (χ1v) is 17.8. The van der Waals surface area contributed by atoms with Crippen molar-refractivity contribution in [2.75, 3.05) is 4.90 Å². The van der Waals surface area contributed by atoms with E-state index >= 15 is 0 Å². The summed E-state index contributed by atoms with van der Waals surface area (Å²) in [5.41, 5.74) is 12.0. The summed E-state index contributed by atoms with van der Waals surface area (Å²) in [4.78, 5) is 2.36. The molecule has 0 saturated heterocycles. The number of anilines is 3. The number of hydrogen-bond donors (Lipinski definition) is 0. The maximum Gasteiger partial charge on any atom is 0.137 e. The Balaban J connectivity index is 1.19. The summed E-state index contributed by atoms with van der Waals surface area (Å²) in [6, 6.07) is 71.7. The largest absolute Gasteiger partial charge is 0.456 e. The van der Waals surface area contributed by atoms with Crippen LogP contribution in [0.15, 0.2) is 205 Å². The van der Waals surface area contributed by atoms with Crippen molar-refractivity contribution in [1.82, 2.24) is 0 Å². The quantitative estimate of drug-likeness (QED) is 0.176. The Morgan fingerprint density at radius 1 is 0.288 bits per heavy atom. The molecule has 10 aromatic rings. The summed E-state index contributed by atoms with van der Waals surface area (Å²) >= 11 is 0. The average molecular weight is 664 g/mol. The molecule has 0 aliphatic carbocycles. The van der Waals surface area contributed by atoms with Crippen LogP contribution in [-0.2, 0) is 0 Å². The van der Waals surface area contributed by atoms with Gasteiger partial charge in [-0.25, -0.2) is 0 Å². The second-order valence-electron chi connectivity index (χ2n) is 13.4. The van der Waals surface area contributed by atoms with Crippen molar-refractivity contribution in [3.05, 3.63) is 200 Å². The lowest BCUT2D eigenvalue weighted by Crippen LogP contribution is -2.10. The smallest absolute Gasteiger partial charge is 0.137 e. The molecule has 0 fully saturated rings. The van der Waals surface area contributed by atoms with Crippen molar-refractivity contribution in [2.45, 2.75) is 0 Å². The van der Waals surface area contributed by atoms with Crippen LogP contribution >= 0.6 is 0 Å². The summed E-state index contributed by atoms with van der Waals surface area (Å²) in [6.45, 7) is 0. The molecule has 0 unspecified atom stereocenters. The average Bonchev–Trinajstić information content (AvgIpc) is 3.57. The number of rotatable bonds is 6. The van der Waals surface area contributed by atoms with Gasteiger partial charge in [0.2, 0.25) is 0 Å². The molecule has 0 bridgehead atoms. The Morgan fingerprint density at radius 2 is 0.865 bits per heavy atom. The molecule has 1 aromatic heterocycles. The molecule has 0 atom stereocenters. The van der Waals surface area contributed by atoms with Gasteiger partial charge in [0.1, 0.15) is 11.2 Å². The summed E-state index contributed by atoms with van der Waals surface area (Å²) < 4.78 is 6.61. The maximum absolute atomic E-state index is 6.61. The van der Waals surface area contributed by atoms with Gasteiger partial charge in [-0.1, -0.05) is 146 Å². The first-order valence-electron chi connectivity index (χ1n) is 17.8. The molecule has 52 heavy (non-hydrogen) atoms. The molecule has 0 amide bonds. The summed E-state index contributed by atoms with van der Waals surface area (Å²) in [5, 5.41) is 7.09. The number of benzene rings is 9. The van der Waals surface area contributed by atoms with Gasteiger partial charge in [-0.3, -0.25) is 0 Å². The van der Waals surface area contributed by atoms with Crippen molar-refractivity contribution < 1.29 is 4.42 Å². The van der Waals surface area contributed by atoms with Gasteiger partial charge in [0.15, 0.2) is 0 Å². The van der Waals surface area contributed by atoms with Gasteiger partial charge in [-0.05, 0) is 103 Å². The van der Waals surface area contributed by atoms with Crippen LogP contribution in [0.4, 0.5) is 17.1 Å². The van der Waals surface area contributed by atoms with E-state index in [0.29, 0.717) is 0 Å². The van der Waals surface area contributed by atoms with E-state index in [0.717, 1.165) is 39.0 Å². The monoisotopic (exact) mass is 663 g/mol. The fourth-order valence-corrected chi connectivity index (χ4v) is 7.72. The molecular weight excluding hydrogens is 631 g/mol. The molecule has 0 aliphatic rings. The highest BCUT2D eigenvalue weighted by molar-refractivity contribution is 6.11. The minimum Gasteiger partial charge on any atom is -0.456 e. The third-order valence-corrected chi connectivity index (χ3v) is 10.2. The van der Waals surface area contributed by atoms with Gasteiger partial charge >= 0.3 is 0 Å². The highest BCUT2D eigenvalue weighted by Gasteiger charge is 2.19. The molecular formula is C50H33NO. The maximum atomic E-state index is 6.61. The normalized spacial score (nSPS) is 11.5. The van der Waals surface area contributed by atoms with Gasteiger partial charge in [0.05, 0.1) is 0 Å². The van der Waals surface area contributed by atoms with Crippen molar-refractivity contribution in [3.63, 3.8) is 0 Å². The Hall–Kier alpha value is -6.90. The summed E-state index contributed by atoms with van der Waals surface area (Å²) in [6.07, 6.45) is 0. The van der Waals surface area contributed by atoms with Crippen molar-refractivity contribution in [3.8, 4) is 33.4 Å².